The smallest absolute Gasteiger partial charge is 0.281 e. The topological polar surface area (TPSA) is 34.9 Å². The van der Waals surface area contributed by atoms with Gasteiger partial charge in [-0.3, -0.25) is 4.79 Å². The summed E-state index contributed by atoms with van der Waals surface area (Å²) in [5, 5.41) is 1.48. The minimum atomic E-state index is -0.155. The largest absolute Gasteiger partial charge is 0.318 e. The summed E-state index contributed by atoms with van der Waals surface area (Å²) in [6.07, 6.45) is 0. The van der Waals surface area contributed by atoms with Gasteiger partial charge in [0.1, 0.15) is 0 Å². The van der Waals surface area contributed by atoms with Crippen molar-refractivity contribution in [3.63, 3.8) is 0 Å². The van der Waals surface area contributed by atoms with Crippen molar-refractivity contribution in [2.45, 2.75) is 11.7 Å². The fourth-order valence-corrected chi connectivity index (χ4v) is 4.23. The maximum Gasteiger partial charge on any atom is 0.281 e. The van der Waals surface area contributed by atoms with Crippen molar-refractivity contribution >= 4 is 54.5 Å². The number of fused-ring (bicyclic) bond motifs is 3. The quantitative estimate of drug-likeness (QED) is 0.676. The Labute approximate surface area is 113 Å². The SMILES string of the molecule is O=c1nc2n(c3c(Br)cc(Br)cc13)CCS2. The second kappa shape index (κ2) is 3.85. The fourth-order valence-electron chi connectivity index (χ4n) is 1.85. The summed E-state index contributed by atoms with van der Waals surface area (Å²) < 4.78 is 3.91. The summed E-state index contributed by atoms with van der Waals surface area (Å²) in [6, 6.07) is 3.78. The third-order valence-corrected chi connectivity index (χ3v) is 4.52. The van der Waals surface area contributed by atoms with Crippen LogP contribution in [-0.4, -0.2) is 15.3 Å². The van der Waals surface area contributed by atoms with Crippen LogP contribution in [0.25, 0.3) is 10.9 Å². The highest BCUT2D eigenvalue weighted by atomic mass is 79.9. The van der Waals surface area contributed by atoms with E-state index in [1.165, 1.54) is 0 Å². The summed E-state index contributed by atoms with van der Waals surface area (Å²) in [5.74, 6) is 0.980. The van der Waals surface area contributed by atoms with Gasteiger partial charge in [-0.05, 0) is 28.1 Å². The Balaban J connectivity index is 2.55. The third-order valence-electron chi connectivity index (χ3n) is 2.50. The van der Waals surface area contributed by atoms with Gasteiger partial charge in [-0.15, -0.1) is 0 Å². The molecule has 0 fully saturated rings. The normalized spacial score (nSPS) is 14.4. The van der Waals surface area contributed by atoms with E-state index in [0.29, 0.717) is 5.39 Å². The maximum atomic E-state index is 11.9. The molecule has 2 aromatic rings. The van der Waals surface area contributed by atoms with Crippen molar-refractivity contribution in [3.05, 3.63) is 31.4 Å². The number of aromatic nitrogens is 2. The van der Waals surface area contributed by atoms with Crippen LogP contribution in [0.15, 0.2) is 31.0 Å². The van der Waals surface area contributed by atoms with Gasteiger partial charge < -0.3 is 4.57 Å². The minimum absolute atomic E-state index is 0.155. The molecular formula is C10H6Br2N2OS. The van der Waals surface area contributed by atoms with E-state index in [-0.39, 0.29) is 5.56 Å². The zero-order valence-electron chi connectivity index (χ0n) is 8.04. The van der Waals surface area contributed by atoms with Gasteiger partial charge in [0.2, 0.25) is 0 Å². The molecule has 0 radical (unpaired) electrons. The molecule has 1 aromatic carbocycles. The van der Waals surface area contributed by atoms with Crippen LogP contribution < -0.4 is 5.56 Å². The van der Waals surface area contributed by atoms with E-state index >= 15 is 0 Å². The molecule has 16 heavy (non-hydrogen) atoms. The molecule has 0 bridgehead atoms. The van der Waals surface area contributed by atoms with E-state index in [0.717, 1.165) is 31.9 Å². The summed E-state index contributed by atoms with van der Waals surface area (Å²) >= 11 is 8.52. The minimum Gasteiger partial charge on any atom is -0.318 e. The first-order valence-corrected chi connectivity index (χ1v) is 7.26. The average Bonchev–Trinajstić information content (AvgIpc) is 2.65. The van der Waals surface area contributed by atoms with E-state index < -0.39 is 0 Å². The lowest BCUT2D eigenvalue weighted by Gasteiger charge is -2.09. The Kier molecular flexibility index (Phi) is 2.60. The van der Waals surface area contributed by atoms with Crippen molar-refractivity contribution in [2.75, 3.05) is 5.75 Å². The lowest BCUT2D eigenvalue weighted by atomic mass is 10.2. The van der Waals surface area contributed by atoms with Gasteiger partial charge in [-0.25, -0.2) is 0 Å². The van der Waals surface area contributed by atoms with Gasteiger partial charge in [0.15, 0.2) is 5.16 Å². The highest BCUT2D eigenvalue weighted by molar-refractivity contribution is 9.11. The van der Waals surface area contributed by atoms with E-state index in [1.54, 1.807) is 11.8 Å². The number of hydrogen-bond donors (Lipinski definition) is 0. The number of thioether (sulfide) groups is 1. The predicted molar refractivity (Wildman–Crippen MR) is 72.1 cm³/mol. The number of halogens is 2. The van der Waals surface area contributed by atoms with Crippen molar-refractivity contribution in [1.82, 2.24) is 9.55 Å². The Hall–Kier alpha value is -0.330. The van der Waals surface area contributed by atoms with Crippen LogP contribution in [0, 0.1) is 0 Å². The number of rotatable bonds is 0. The summed E-state index contributed by atoms with van der Waals surface area (Å²) in [7, 11) is 0. The molecule has 82 valence electrons. The second-order valence-corrected chi connectivity index (χ2v) is 6.32. The number of hydrogen-bond acceptors (Lipinski definition) is 3. The van der Waals surface area contributed by atoms with Crippen molar-refractivity contribution < 1.29 is 0 Å². The molecule has 2 heterocycles. The van der Waals surface area contributed by atoms with Crippen molar-refractivity contribution in [2.24, 2.45) is 0 Å². The highest BCUT2D eigenvalue weighted by Gasteiger charge is 2.18. The first-order chi connectivity index (χ1) is 7.66. The molecule has 0 aliphatic carbocycles. The highest BCUT2D eigenvalue weighted by Crippen LogP contribution is 2.32. The van der Waals surface area contributed by atoms with Crippen LogP contribution >= 0.6 is 43.6 Å². The summed E-state index contributed by atoms with van der Waals surface area (Å²) in [4.78, 5) is 16.0. The maximum absolute atomic E-state index is 11.9. The standard InChI is InChI=1S/C10H6Br2N2OS/c11-5-3-6-8(7(12)4-5)14-1-2-16-10(14)13-9(6)15/h3-4H,1-2H2. The van der Waals surface area contributed by atoms with Crippen LogP contribution in [0.2, 0.25) is 0 Å². The van der Waals surface area contributed by atoms with Crippen LogP contribution in [0.5, 0.6) is 0 Å². The van der Waals surface area contributed by atoms with E-state index in [1.807, 2.05) is 12.1 Å². The summed E-state index contributed by atoms with van der Waals surface area (Å²) in [6.45, 7) is 0.907. The number of benzene rings is 1. The summed E-state index contributed by atoms with van der Waals surface area (Å²) in [5.41, 5.74) is 0.792. The average molecular weight is 362 g/mol. The first-order valence-electron chi connectivity index (χ1n) is 4.69. The molecule has 6 heteroatoms. The van der Waals surface area contributed by atoms with Gasteiger partial charge >= 0.3 is 0 Å². The molecule has 1 aliphatic rings. The van der Waals surface area contributed by atoms with Gasteiger partial charge in [0, 0.05) is 21.2 Å². The van der Waals surface area contributed by atoms with Crippen molar-refractivity contribution in [1.29, 1.82) is 0 Å². The zero-order chi connectivity index (χ0) is 11.3. The van der Waals surface area contributed by atoms with E-state index in [9.17, 15) is 4.79 Å². The Morgan fingerprint density at radius 3 is 3.00 bits per heavy atom. The molecule has 3 nitrogen and oxygen atoms in total. The molecule has 1 aliphatic heterocycles. The molecule has 3 rings (SSSR count). The molecule has 0 spiro atoms. The molecule has 0 unspecified atom stereocenters. The van der Waals surface area contributed by atoms with Gasteiger partial charge in [0.25, 0.3) is 5.56 Å². The first kappa shape index (κ1) is 10.8. The molecule has 1 aromatic heterocycles. The molecule has 0 amide bonds. The number of nitrogens with zero attached hydrogens (tertiary/aromatic N) is 2. The van der Waals surface area contributed by atoms with Crippen LogP contribution in [0.4, 0.5) is 0 Å². The monoisotopic (exact) mass is 360 g/mol. The second-order valence-electron chi connectivity index (χ2n) is 3.48. The lowest BCUT2D eigenvalue weighted by Crippen LogP contribution is -2.13. The van der Waals surface area contributed by atoms with E-state index in [4.69, 9.17) is 0 Å². The number of aryl methyl sites for hydroxylation is 1. The molecule has 0 N–H and O–H groups in total. The lowest BCUT2D eigenvalue weighted by molar-refractivity contribution is 0.708. The van der Waals surface area contributed by atoms with Crippen LogP contribution in [0.1, 0.15) is 0 Å². The third kappa shape index (κ3) is 1.55. The Morgan fingerprint density at radius 2 is 2.19 bits per heavy atom. The molecule has 0 saturated carbocycles. The molecule has 0 atom stereocenters. The van der Waals surface area contributed by atoms with Crippen molar-refractivity contribution in [3.8, 4) is 0 Å². The van der Waals surface area contributed by atoms with Gasteiger partial charge in [-0.2, -0.15) is 4.98 Å². The van der Waals surface area contributed by atoms with Gasteiger partial charge in [-0.1, -0.05) is 27.7 Å². The fraction of sp³-hybridized carbons (Fsp3) is 0.200. The van der Waals surface area contributed by atoms with E-state index in [2.05, 4.69) is 41.4 Å². The molecule has 0 saturated heterocycles. The van der Waals surface area contributed by atoms with Crippen LogP contribution in [0.3, 0.4) is 0 Å². The predicted octanol–water partition coefficient (Wildman–Crippen LogP) is 3.03. The zero-order valence-corrected chi connectivity index (χ0v) is 12.0. The Morgan fingerprint density at radius 1 is 1.38 bits per heavy atom. The molecular weight excluding hydrogens is 356 g/mol. The Bertz CT molecular complexity index is 653. The van der Waals surface area contributed by atoms with Crippen LogP contribution in [-0.2, 0) is 6.54 Å². The van der Waals surface area contributed by atoms with Gasteiger partial charge in [0.05, 0.1) is 10.9 Å².